The van der Waals surface area contributed by atoms with E-state index in [9.17, 15) is 4.79 Å². The number of aldehydes is 1. The van der Waals surface area contributed by atoms with E-state index in [1.807, 2.05) is 19.1 Å². The summed E-state index contributed by atoms with van der Waals surface area (Å²) in [5.41, 5.74) is 2.10. The number of fused-ring (bicyclic) bond motifs is 1. The zero-order valence-corrected chi connectivity index (χ0v) is 8.44. The Balaban J connectivity index is 2.93. The maximum Gasteiger partial charge on any atom is 0.151 e. The van der Waals surface area contributed by atoms with Crippen molar-refractivity contribution in [1.82, 2.24) is 0 Å². The largest absolute Gasteiger partial charge is 0.298 e. The molecule has 0 aliphatic heterocycles. The molecule has 13 heavy (non-hydrogen) atoms. The van der Waals surface area contributed by atoms with Gasteiger partial charge < -0.3 is 0 Å². The highest BCUT2D eigenvalue weighted by molar-refractivity contribution is 7.19. The second-order valence-electron chi connectivity index (χ2n) is 3.14. The third kappa shape index (κ3) is 1.18. The minimum atomic E-state index is 0.851. The number of hydrogen-bond acceptors (Lipinski definition) is 2. The molecule has 0 saturated heterocycles. The maximum atomic E-state index is 10.8. The van der Waals surface area contributed by atoms with E-state index in [4.69, 9.17) is 0 Å². The average Bonchev–Trinajstić information content (AvgIpc) is 2.43. The van der Waals surface area contributed by atoms with Crippen LogP contribution in [0.4, 0.5) is 0 Å². The third-order valence-corrected chi connectivity index (χ3v) is 3.53. The molecule has 0 unspecified atom stereocenters. The van der Waals surface area contributed by atoms with Crippen LogP contribution in [0.25, 0.3) is 10.1 Å². The van der Waals surface area contributed by atoms with Crippen molar-refractivity contribution >= 4 is 27.7 Å². The first-order valence-electron chi connectivity index (χ1n) is 4.18. The van der Waals surface area contributed by atoms with Gasteiger partial charge in [0.1, 0.15) is 0 Å². The lowest BCUT2D eigenvalue weighted by atomic mass is 10.1. The van der Waals surface area contributed by atoms with E-state index in [2.05, 4.69) is 13.0 Å². The molecule has 1 heterocycles. The summed E-state index contributed by atoms with van der Waals surface area (Å²) in [6.45, 7) is 4.07. The molecule has 1 aromatic heterocycles. The normalized spacial score (nSPS) is 10.6. The Labute approximate surface area is 81.0 Å². The molecule has 0 saturated carbocycles. The van der Waals surface area contributed by atoms with E-state index in [1.54, 1.807) is 11.3 Å². The molecule has 0 atom stereocenters. The number of thiophene rings is 1. The average molecular weight is 190 g/mol. The Morgan fingerprint density at radius 1 is 1.31 bits per heavy atom. The highest BCUT2D eigenvalue weighted by Crippen LogP contribution is 2.31. The molecule has 0 radical (unpaired) electrons. The lowest BCUT2D eigenvalue weighted by Gasteiger charge is -1.93. The SMILES string of the molecule is Cc1sc2c(C)cccc2c1C=O. The van der Waals surface area contributed by atoms with Crippen molar-refractivity contribution in [2.75, 3.05) is 0 Å². The van der Waals surface area contributed by atoms with Crippen LogP contribution in [0.15, 0.2) is 18.2 Å². The molecule has 66 valence electrons. The molecule has 1 nitrogen and oxygen atoms in total. The monoisotopic (exact) mass is 190 g/mol. The van der Waals surface area contributed by atoms with E-state index in [-0.39, 0.29) is 0 Å². The fourth-order valence-electron chi connectivity index (χ4n) is 1.54. The van der Waals surface area contributed by atoms with Gasteiger partial charge >= 0.3 is 0 Å². The summed E-state index contributed by atoms with van der Waals surface area (Å²) in [6, 6.07) is 6.08. The summed E-state index contributed by atoms with van der Waals surface area (Å²) in [7, 11) is 0. The van der Waals surface area contributed by atoms with Crippen LogP contribution in [0.2, 0.25) is 0 Å². The molecular formula is C11H10OS. The summed E-state index contributed by atoms with van der Waals surface area (Å²) in [5.74, 6) is 0. The second kappa shape index (κ2) is 2.96. The van der Waals surface area contributed by atoms with Crippen molar-refractivity contribution in [3.63, 3.8) is 0 Å². The first-order valence-corrected chi connectivity index (χ1v) is 4.99. The van der Waals surface area contributed by atoms with Crippen molar-refractivity contribution in [3.8, 4) is 0 Å². The molecule has 2 aromatic rings. The summed E-state index contributed by atoms with van der Waals surface area (Å²) in [5, 5.41) is 1.09. The molecule has 2 heteroatoms. The van der Waals surface area contributed by atoms with Gasteiger partial charge in [0.25, 0.3) is 0 Å². The van der Waals surface area contributed by atoms with Crippen LogP contribution in [0.1, 0.15) is 20.8 Å². The first kappa shape index (κ1) is 8.45. The lowest BCUT2D eigenvalue weighted by molar-refractivity contribution is 0.112. The third-order valence-electron chi connectivity index (χ3n) is 2.25. The topological polar surface area (TPSA) is 17.1 Å². The van der Waals surface area contributed by atoms with Crippen molar-refractivity contribution in [1.29, 1.82) is 0 Å². The standard InChI is InChI=1S/C11H10OS/c1-7-4-3-5-9-10(6-12)8(2)13-11(7)9/h3-6H,1-2H3. The Bertz CT molecular complexity index is 468. The van der Waals surface area contributed by atoms with Crippen molar-refractivity contribution in [3.05, 3.63) is 34.2 Å². The van der Waals surface area contributed by atoms with Gasteiger partial charge in [-0.1, -0.05) is 18.2 Å². The number of carbonyl (C=O) groups is 1. The molecule has 2 rings (SSSR count). The minimum absolute atomic E-state index is 0.851. The zero-order valence-electron chi connectivity index (χ0n) is 7.63. The summed E-state index contributed by atoms with van der Waals surface area (Å²) < 4.78 is 1.24. The van der Waals surface area contributed by atoms with E-state index in [0.717, 1.165) is 22.1 Å². The number of benzene rings is 1. The van der Waals surface area contributed by atoms with Crippen molar-refractivity contribution in [2.24, 2.45) is 0 Å². The fourth-order valence-corrected chi connectivity index (χ4v) is 2.64. The zero-order chi connectivity index (χ0) is 9.42. The van der Waals surface area contributed by atoms with Gasteiger partial charge in [0.15, 0.2) is 6.29 Å². The number of carbonyl (C=O) groups excluding carboxylic acids is 1. The van der Waals surface area contributed by atoms with Gasteiger partial charge in [-0.25, -0.2) is 0 Å². The van der Waals surface area contributed by atoms with Gasteiger partial charge in [-0.3, -0.25) is 4.79 Å². The van der Waals surface area contributed by atoms with Gasteiger partial charge in [0.2, 0.25) is 0 Å². The van der Waals surface area contributed by atoms with Crippen LogP contribution < -0.4 is 0 Å². The molecule has 0 amide bonds. The fraction of sp³-hybridized carbons (Fsp3) is 0.182. The smallest absolute Gasteiger partial charge is 0.151 e. The minimum Gasteiger partial charge on any atom is -0.298 e. The second-order valence-corrected chi connectivity index (χ2v) is 4.37. The number of aryl methyl sites for hydroxylation is 2. The van der Waals surface area contributed by atoms with E-state index < -0.39 is 0 Å². The molecule has 0 bridgehead atoms. The first-order chi connectivity index (χ1) is 6.24. The molecule has 0 aliphatic rings. The van der Waals surface area contributed by atoms with Crippen LogP contribution in [0.3, 0.4) is 0 Å². The Morgan fingerprint density at radius 3 is 2.77 bits per heavy atom. The van der Waals surface area contributed by atoms with Crippen LogP contribution in [-0.4, -0.2) is 6.29 Å². The molecular weight excluding hydrogens is 180 g/mol. The van der Waals surface area contributed by atoms with E-state index in [1.165, 1.54) is 10.3 Å². The van der Waals surface area contributed by atoms with Gasteiger partial charge in [0, 0.05) is 20.5 Å². The van der Waals surface area contributed by atoms with Gasteiger partial charge in [-0.15, -0.1) is 11.3 Å². The van der Waals surface area contributed by atoms with Crippen LogP contribution in [0, 0.1) is 13.8 Å². The lowest BCUT2D eigenvalue weighted by Crippen LogP contribution is -1.78. The van der Waals surface area contributed by atoms with Crippen molar-refractivity contribution in [2.45, 2.75) is 13.8 Å². The summed E-state index contributed by atoms with van der Waals surface area (Å²) in [4.78, 5) is 11.9. The molecule has 0 fully saturated rings. The maximum absolute atomic E-state index is 10.8. The van der Waals surface area contributed by atoms with Gasteiger partial charge in [0.05, 0.1) is 0 Å². The predicted molar refractivity (Wildman–Crippen MR) is 56.7 cm³/mol. The molecule has 0 aliphatic carbocycles. The Kier molecular flexibility index (Phi) is 1.93. The predicted octanol–water partition coefficient (Wildman–Crippen LogP) is 3.33. The Hall–Kier alpha value is -1.15. The van der Waals surface area contributed by atoms with Crippen molar-refractivity contribution < 1.29 is 4.79 Å². The van der Waals surface area contributed by atoms with Crippen LogP contribution in [-0.2, 0) is 0 Å². The number of rotatable bonds is 1. The molecule has 1 aromatic carbocycles. The van der Waals surface area contributed by atoms with E-state index in [0.29, 0.717) is 0 Å². The van der Waals surface area contributed by atoms with E-state index >= 15 is 0 Å². The summed E-state index contributed by atoms with van der Waals surface area (Å²) in [6.07, 6.45) is 0.952. The molecule has 0 spiro atoms. The quantitative estimate of drug-likeness (QED) is 0.630. The molecule has 0 N–H and O–H groups in total. The van der Waals surface area contributed by atoms with Crippen LogP contribution in [0.5, 0.6) is 0 Å². The van der Waals surface area contributed by atoms with Gasteiger partial charge in [-0.05, 0) is 19.4 Å². The number of hydrogen-bond donors (Lipinski definition) is 0. The highest BCUT2D eigenvalue weighted by atomic mass is 32.1. The highest BCUT2D eigenvalue weighted by Gasteiger charge is 2.08. The van der Waals surface area contributed by atoms with Gasteiger partial charge in [-0.2, -0.15) is 0 Å². The summed E-state index contributed by atoms with van der Waals surface area (Å²) >= 11 is 1.70. The Morgan fingerprint density at radius 2 is 2.08 bits per heavy atom. The van der Waals surface area contributed by atoms with Crippen LogP contribution >= 0.6 is 11.3 Å².